The highest BCUT2D eigenvalue weighted by Gasteiger charge is 2.28. The first-order chi connectivity index (χ1) is 12.6. The normalized spacial score (nSPS) is 16.8. The first-order valence-electron chi connectivity index (χ1n) is 8.92. The lowest BCUT2D eigenvalue weighted by atomic mass is 9.97. The van der Waals surface area contributed by atoms with E-state index in [2.05, 4.69) is 15.6 Å². The zero-order valence-corrected chi connectivity index (χ0v) is 14.9. The number of anilines is 1. The van der Waals surface area contributed by atoms with E-state index in [1.54, 1.807) is 11.1 Å². The van der Waals surface area contributed by atoms with Gasteiger partial charge in [-0.25, -0.2) is 9.78 Å². The first kappa shape index (κ1) is 17.9. The van der Waals surface area contributed by atoms with Crippen molar-refractivity contribution in [3.05, 3.63) is 59.8 Å². The van der Waals surface area contributed by atoms with E-state index in [9.17, 15) is 9.59 Å². The van der Waals surface area contributed by atoms with Gasteiger partial charge in [0.2, 0.25) is 5.91 Å². The maximum absolute atomic E-state index is 12.6. The monoisotopic (exact) mass is 352 g/mol. The van der Waals surface area contributed by atoms with Crippen LogP contribution in [-0.2, 0) is 11.3 Å². The smallest absolute Gasteiger partial charge is 0.317 e. The molecule has 0 unspecified atom stereocenters. The molecular weight excluding hydrogens is 328 g/mol. The Hall–Kier alpha value is -2.89. The topological polar surface area (TPSA) is 74.3 Å². The van der Waals surface area contributed by atoms with Crippen molar-refractivity contribution in [1.29, 1.82) is 0 Å². The molecule has 6 heteroatoms. The number of hydrogen-bond acceptors (Lipinski definition) is 3. The third-order valence-electron chi connectivity index (χ3n) is 4.62. The zero-order chi connectivity index (χ0) is 18.4. The van der Waals surface area contributed by atoms with Gasteiger partial charge in [-0.3, -0.25) is 4.79 Å². The molecule has 1 aliphatic rings. The molecule has 1 aliphatic heterocycles. The Morgan fingerprint density at radius 1 is 1.19 bits per heavy atom. The summed E-state index contributed by atoms with van der Waals surface area (Å²) in [4.78, 5) is 30.9. The number of aryl methyl sites for hydroxylation is 1. The van der Waals surface area contributed by atoms with E-state index in [0.29, 0.717) is 25.5 Å². The summed E-state index contributed by atoms with van der Waals surface area (Å²) in [5, 5.41) is 5.82. The number of amides is 3. The quantitative estimate of drug-likeness (QED) is 0.888. The number of rotatable bonds is 4. The Morgan fingerprint density at radius 3 is 2.77 bits per heavy atom. The Balaban J connectivity index is 1.54. The predicted molar refractivity (Wildman–Crippen MR) is 101 cm³/mol. The van der Waals surface area contributed by atoms with E-state index in [-0.39, 0.29) is 17.9 Å². The van der Waals surface area contributed by atoms with Gasteiger partial charge in [0.1, 0.15) is 5.82 Å². The third kappa shape index (κ3) is 4.59. The highest BCUT2D eigenvalue weighted by atomic mass is 16.2. The molecule has 0 aliphatic carbocycles. The number of nitrogens with zero attached hydrogens (tertiary/aromatic N) is 2. The van der Waals surface area contributed by atoms with Crippen molar-refractivity contribution in [3.8, 4) is 0 Å². The maximum Gasteiger partial charge on any atom is 0.317 e. The second-order valence-electron chi connectivity index (χ2n) is 6.59. The van der Waals surface area contributed by atoms with Gasteiger partial charge < -0.3 is 15.5 Å². The number of benzene rings is 1. The summed E-state index contributed by atoms with van der Waals surface area (Å²) in [7, 11) is 0. The van der Waals surface area contributed by atoms with Crippen molar-refractivity contribution in [2.45, 2.75) is 26.3 Å². The zero-order valence-electron chi connectivity index (χ0n) is 14.9. The summed E-state index contributed by atoms with van der Waals surface area (Å²) in [6.07, 6.45) is 3.25. The lowest BCUT2D eigenvalue weighted by Gasteiger charge is -2.32. The van der Waals surface area contributed by atoms with E-state index in [4.69, 9.17) is 0 Å². The predicted octanol–water partition coefficient (Wildman–Crippen LogP) is 2.95. The van der Waals surface area contributed by atoms with Crippen LogP contribution in [0.2, 0.25) is 0 Å². The molecule has 2 heterocycles. The van der Waals surface area contributed by atoms with Gasteiger partial charge in [-0.05, 0) is 37.0 Å². The Labute approximate surface area is 153 Å². The highest BCUT2D eigenvalue weighted by molar-refractivity contribution is 5.92. The molecule has 0 radical (unpaired) electrons. The van der Waals surface area contributed by atoms with Gasteiger partial charge in [0, 0.05) is 25.8 Å². The summed E-state index contributed by atoms with van der Waals surface area (Å²) in [5.41, 5.74) is 1.98. The minimum Gasteiger partial charge on any atom is -0.334 e. The molecule has 3 rings (SSSR count). The average Bonchev–Trinajstić information content (AvgIpc) is 2.69. The minimum absolute atomic E-state index is 0.0765. The van der Waals surface area contributed by atoms with Crippen LogP contribution >= 0.6 is 0 Å². The number of carbonyl (C=O) groups excluding carboxylic acids is 2. The van der Waals surface area contributed by atoms with Crippen molar-refractivity contribution in [2.75, 3.05) is 18.4 Å². The second-order valence-corrected chi connectivity index (χ2v) is 6.59. The van der Waals surface area contributed by atoms with E-state index in [1.807, 2.05) is 49.4 Å². The van der Waals surface area contributed by atoms with Crippen LogP contribution in [0.1, 0.15) is 24.0 Å². The Bertz CT molecular complexity index is 763. The largest absolute Gasteiger partial charge is 0.334 e. The van der Waals surface area contributed by atoms with Crippen LogP contribution in [-0.4, -0.2) is 34.9 Å². The lowest BCUT2D eigenvalue weighted by molar-refractivity contribution is -0.121. The van der Waals surface area contributed by atoms with E-state index >= 15 is 0 Å². The fourth-order valence-electron chi connectivity index (χ4n) is 3.10. The van der Waals surface area contributed by atoms with Crippen molar-refractivity contribution >= 4 is 17.8 Å². The summed E-state index contributed by atoms with van der Waals surface area (Å²) in [6, 6.07) is 13.4. The number of hydrogen-bond donors (Lipinski definition) is 2. The summed E-state index contributed by atoms with van der Waals surface area (Å²) in [6.45, 7) is 3.50. The van der Waals surface area contributed by atoms with Crippen LogP contribution in [0.25, 0.3) is 0 Å². The van der Waals surface area contributed by atoms with Crippen molar-refractivity contribution in [1.82, 2.24) is 15.2 Å². The van der Waals surface area contributed by atoms with Gasteiger partial charge in [-0.1, -0.05) is 36.4 Å². The molecule has 6 nitrogen and oxygen atoms in total. The van der Waals surface area contributed by atoms with Crippen molar-refractivity contribution in [3.63, 3.8) is 0 Å². The number of aromatic nitrogens is 1. The van der Waals surface area contributed by atoms with Gasteiger partial charge in [-0.2, -0.15) is 0 Å². The molecule has 2 aromatic rings. The number of piperidine rings is 1. The molecule has 1 aromatic carbocycles. The number of nitrogens with one attached hydrogen (secondary N) is 2. The van der Waals surface area contributed by atoms with Crippen molar-refractivity contribution in [2.24, 2.45) is 5.92 Å². The lowest BCUT2D eigenvalue weighted by Crippen LogP contribution is -2.47. The molecule has 0 bridgehead atoms. The first-order valence-corrected chi connectivity index (χ1v) is 8.92. The molecule has 2 N–H and O–H groups in total. The van der Waals surface area contributed by atoms with Crippen molar-refractivity contribution < 1.29 is 9.59 Å². The van der Waals surface area contributed by atoms with Crippen LogP contribution in [0, 0.1) is 12.8 Å². The molecule has 1 atom stereocenters. The van der Waals surface area contributed by atoms with Gasteiger partial charge in [-0.15, -0.1) is 0 Å². The fraction of sp³-hybridized carbons (Fsp3) is 0.350. The summed E-state index contributed by atoms with van der Waals surface area (Å²) < 4.78 is 0. The summed E-state index contributed by atoms with van der Waals surface area (Å²) >= 11 is 0. The van der Waals surface area contributed by atoms with Gasteiger partial charge in [0.25, 0.3) is 0 Å². The minimum atomic E-state index is -0.215. The standard InChI is InChI=1S/C20H24N4O2/c1-15-7-5-11-21-18(15)23-19(25)17-10-6-12-24(14-17)20(26)22-13-16-8-3-2-4-9-16/h2-5,7-9,11,17H,6,10,12-14H2,1H3,(H,22,26)(H,21,23,25)/t17-/m0/s1. The number of pyridine rings is 1. The third-order valence-corrected chi connectivity index (χ3v) is 4.62. The van der Waals surface area contributed by atoms with Crippen LogP contribution in [0.4, 0.5) is 10.6 Å². The van der Waals surface area contributed by atoms with Gasteiger partial charge >= 0.3 is 6.03 Å². The van der Waals surface area contributed by atoms with Gasteiger partial charge in [0.15, 0.2) is 0 Å². The van der Waals surface area contributed by atoms with Crippen LogP contribution < -0.4 is 10.6 Å². The van der Waals surface area contributed by atoms with Crippen LogP contribution in [0.3, 0.4) is 0 Å². The summed E-state index contributed by atoms with van der Waals surface area (Å²) in [5.74, 6) is 0.295. The molecule has 1 fully saturated rings. The molecule has 26 heavy (non-hydrogen) atoms. The number of carbonyl (C=O) groups is 2. The maximum atomic E-state index is 12.6. The van der Waals surface area contributed by atoms with E-state index in [0.717, 1.165) is 24.0 Å². The Morgan fingerprint density at radius 2 is 2.00 bits per heavy atom. The van der Waals surface area contributed by atoms with Gasteiger partial charge in [0.05, 0.1) is 5.92 Å². The molecular formula is C20H24N4O2. The molecule has 1 saturated heterocycles. The fourth-order valence-corrected chi connectivity index (χ4v) is 3.10. The molecule has 1 aromatic heterocycles. The van der Waals surface area contributed by atoms with Crippen LogP contribution in [0.5, 0.6) is 0 Å². The number of likely N-dealkylation sites (tertiary alicyclic amines) is 1. The second kappa shape index (κ2) is 8.47. The SMILES string of the molecule is Cc1cccnc1NC(=O)[C@H]1CCCN(C(=O)NCc2ccccc2)C1. The number of urea groups is 1. The Kier molecular flexibility index (Phi) is 5.84. The molecule has 0 saturated carbocycles. The molecule has 136 valence electrons. The molecule has 0 spiro atoms. The van der Waals surface area contributed by atoms with Crippen LogP contribution in [0.15, 0.2) is 48.7 Å². The highest BCUT2D eigenvalue weighted by Crippen LogP contribution is 2.19. The van der Waals surface area contributed by atoms with E-state index in [1.165, 1.54) is 0 Å². The average molecular weight is 352 g/mol. The van der Waals surface area contributed by atoms with E-state index < -0.39 is 0 Å². The molecule has 3 amide bonds.